The number of anilines is 2. The SMILES string of the molecule is COc1cncc(C#Cc2nccc3cnc(Nc4ccc(S(C)(=O)=O)cc4)cc23)n1. The monoisotopic (exact) mass is 431 g/mol. The van der Waals surface area contributed by atoms with Crippen molar-refractivity contribution in [3.8, 4) is 17.7 Å². The van der Waals surface area contributed by atoms with Crippen LogP contribution in [-0.4, -0.2) is 41.7 Å². The first-order valence-corrected chi connectivity index (χ1v) is 11.0. The fourth-order valence-electron chi connectivity index (χ4n) is 2.80. The van der Waals surface area contributed by atoms with Gasteiger partial charge in [-0.3, -0.25) is 4.98 Å². The predicted molar refractivity (Wildman–Crippen MR) is 117 cm³/mol. The number of hydrogen-bond acceptors (Lipinski definition) is 8. The van der Waals surface area contributed by atoms with Crippen LogP contribution < -0.4 is 10.1 Å². The summed E-state index contributed by atoms with van der Waals surface area (Å²) in [6.45, 7) is 0. The van der Waals surface area contributed by atoms with E-state index < -0.39 is 9.84 Å². The number of nitrogens with one attached hydrogen (secondary N) is 1. The van der Waals surface area contributed by atoms with E-state index in [0.717, 1.165) is 10.8 Å². The standard InChI is InChI=1S/C22H17N5O3S/c1-30-22-14-23-13-17(27-22)5-8-20-19-11-21(25-12-15(19)9-10-24-20)26-16-3-6-18(7-4-16)31(2,28)29/h3-4,6-7,9-14H,1-2H3,(H,25,26). The Kier molecular flexibility index (Phi) is 5.47. The molecule has 0 atom stereocenters. The number of benzene rings is 1. The Labute approximate surface area is 179 Å². The number of ether oxygens (including phenoxy) is 1. The lowest BCUT2D eigenvalue weighted by molar-refractivity contribution is 0.395. The molecule has 1 N–H and O–H groups in total. The Morgan fingerprint density at radius 2 is 1.81 bits per heavy atom. The van der Waals surface area contributed by atoms with E-state index in [2.05, 4.69) is 37.1 Å². The Morgan fingerprint density at radius 3 is 2.55 bits per heavy atom. The first kappa shape index (κ1) is 20.3. The maximum atomic E-state index is 11.6. The largest absolute Gasteiger partial charge is 0.480 e. The molecule has 0 saturated carbocycles. The number of hydrogen-bond donors (Lipinski definition) is 1. The summed E-state index contributed by atoms with van der Waals surface area (Å²) in [5.74, 6) is 6.95. The van der Waals surface area contributed by atoms with Crippen LogP contribution in [0.1, 0.15) is 11.4 Å². The highest BCUT2D eigenvalue weighted by Crippen LogP contribution is 2.22. The van der Waals surface area contributed by atoms with Gasteiger partial charge in [0.2, 0.25) is 5.88 Å². The van der Waals surface area contributed by atoms with Crippen LogP contribution in [0.15, 0.2) is 66.1 Å². The van der Waals surface area contributed by atoms with E-state index in [-0.39, 0.29) is 4.90 Å². The van der Waals surface area contributed by atoms with Gasteiger partial charge in [0.25, 0.3) is 0 Å². The van der Waals surface area contributed by atoms with E-state index in [4.69, 9.17) is 4.74 Å². The van der Waals surface area contributed by atoms with Crippen LogP contribution >= 0.6 is 0 Å². The van der Waals surface area contributed by atoms with E-state index in [9.17, 15) is 8.42 Å². The lowest BCUT2D eigenvalue weighted by Crippen LogP contribution is -1.98. The number of sulfone groups is 1. The molecule has 0 bridgehead atoms. The van der Waals surface area contributed by atoms with Crippen molar-refractivity contribution in [1.29, 1.82) is 0 Å². The van der Waals surface area contributed by atoms with Gasteiger partial charge in [-0.1, -0.05) is 0 Å². The molecular weight excluding hydrogens is 414 g/mol. The first-order valence-electron chi connectivity index (χ1n) is 9.12. The van der Waals surface area contributed by atoms with Crippen molar-refractivity contribution < 1.29 is 13.2 Å². The van der Waals surface area contributed by atoms with Crippen molar-refractivity contribution in [3.05, 3.63) is 72.6 Å². The molecule has 4 rings (SSSR count). The zero-order valence-electron chi connectivity index (χ0n) is 16.7. The van der Waals surface area contributed by atoms with Gasteiger partial charge in [-0.05, 0) is 48.2 Å². The van der Waals surface area contributed by atoms with Crippen molar-refractivity contribution in [2.24, 2.45) is 0 Å². The summed E-state index contributed by atoms with van der Waals surface area (Å²) >= 11 is 0. The van der Waals surface area contributed by atoms with Gasteiger partial charge in [0.05, 0.1) is 24.4 Å². The maximum Gasteiger partial charge on any atom is 0.233 e. The molecule has 0 fully saturated rings. The van der Waals surface area contributed by atoms with Crippen LogP contribution in [0.5, 0.6) is 5.88 Å². The zero-order valence-corrected chi connectivity index (χ0v) is 17.5. The van der Waals surface area contributed by atoms with Gasteiger partial charge in [-0.25, -0.2) is 23.4 Å². The Morgan fingerprint density at radius 1 is 1.00 bits per heavy atom. The average molecular weight is 431 g/mol. The van der Waals surface area contributed by atoms with Gasteiger partial charge in [-0.15, -0.1) is 0 Å². The summed E-state index contributed by atoms with van der Waals surface area (Å²) in [6.07, 6.45) is 7.62. The normalized spacial score (nSPS) is 10.9. The molecule has 0 saturated heterocycles. The summed E-state index contributed by atoms with van der Waals surface area (Å²) in [5.41, 5.74) is 1.75. The summed E-state index contributed by atoms with van der Waals surface area (Å²) in [6, 6.07) is 10.2. The van der Waals surface area contributed by atoms with E-state index in [1.54, 1.807) is 42.9 Å². The molecule has 3 heterocycles. The van der Waals surface area contributed by atoms with E-state index in [1.165, 1.54) is 19.6 Å². The zero-order chi connectivity index (χ0) is 21.8. The molecule has 0 spiro atoms. The van der Waals surface area contributed by atoms with Crippen molar-refractivity contribution in [3.63, 3.8) is 0 Å². The van der Waals surface area contributed by atoms with Crippen LogP contribution in [-0.2, 0) is 9.84 Å². The minimum Gasteiger partial charge on any atom is -0.480 e. The Bertz CT molecular complexity index is 1430. The van der Waals surface area contributed by atoms with Gasteiger partial charge >= 0.3 is 0 Å². The predicted octanol–water partition coefficient (Wildman–Crippen LogP) is 2.98. The molecule has 9 heteroatoms. The lowest BCUT2D eigenvalue weighted by atomic mass is 10.1. The van der Waals surface area contributed by atoms with Gasteiger partial charge in [0, 0.05) is 35.1 Å². The van der Waals surface area contributed by atoms with Crippen molar-refractivity contribution in [1.82, 2.24) is 19.9 Å². The summed E-state index contributed by atoms with van der Waals surface area (Å²) in [5, 5.41) is 4.87. The molecule has 1 aromatic carbocycles. The molecule has 8 nitrogen and oxygen atoms in total. The van der Waals surface area contributed by atoms with Crippen LogP contribution in [0, 0.1) is 11.8 Å². The van der Waals surface area contributed by atoms with Crippen LogP contribution in [0.4, 0.5) is 11.5 Å². The van der Waals surface area contributed by atoms with E-state index in [1.807, 2.05) is 12.1 Å². The topological polar surface area (TPSA) is 107 Å². The van der Waals surface area contributed by atoms with Gasteiger partial charge < -0.3 is 10.1 Å². The number of aromatic nitrogens is 4. The second kappa shape index (κ2) is 8.38. The fraction of sp³-hybridized carbons (Fsp3) is 0.0909. The quantitative estimate of drug-likeness (QED) is 0.492. The van der Waals surface area contributed by atoms with Crippen LogP contribution in [0.25, 0.3) is 10.8 Å². The second-order valence-corrected chi connectivity index (χ2v) is 8.58. The molecule has 0 unspecified atom stereocenters. The number of nitrogens with zero attached hydrogens (tertiary/aromatic N) is 4. The van der Waals surface area contributed by atoms with Crippen LogP contribution in [0.2, 0.25) is 0 Å². The summed E-state index contributed by atoms with van der Waals surface area (Å²) < 4.78 is 28.3. The number of methoxy groups -OCH3 is 1. The highest BCUT2D eigenvalue weighted by atomic mass is 32.2. The molecule has 0 aliphatic heterocycles. The number of rotatable bonds is 4. The molecule has 154 valence electrons. The third-order valence-corrected chi connectivity index (χ3v) is 5.46. The fourth-order valence-corrected chi connectivity index (χ4v) is 3.43. The number of pyridine rings is 2. The van der Waals surface area contributed by atoms with Crippen molar-refractivity contribution in [2.45, 2.75) is 4.90 Å². The smallest absolute Gasteiger partial charge is 0.233 e. The highest BCUT2D eigenvalue weighted by Gasteiger charge is 2.07. The molecule has 4 aromatic rings. The summed E-state index contributed by atoms with van der Waals surface area (Å²) in [7, 11) is -1.73. The lowest BCUT2D eigenvalue weighted by Gasteiger charge is -2.08. The highest BCUT2D eigenvalue weighted by molar-refractivity contribution is 7.90. The Hall–Kier alpha value is -4.03. The second-order valence-electron chi connectivity index (χ2n) is 6.57. The summed E-state index contributed by atoms with van der Waals surface area (Å²) in [4.78, 5) is 17.3. The molecule has 0 amide bonds. The molecule has 0 aliphatic carbocycles. The first-order chi connectivity index (χ1) is 14.9. The van der Waals surface area contributed by atoms with Gasteiger partial charge in [0.1, 0.15) is 17.2 Å². The molecule has 0 radical (unpaired) electrons. The van der Waals surface area contributed by atoms with Crippen LogP contribution in [0.3, 0.4) is 0 Å². The van der Waals surface area contributed by atoms with E-state index in [0.29, 0.717) is 28.8 Å². The van der Waals surface area contributed by atoms with E-state index >= 15 is 0 Å². The maximum absolute atomic E-state index is 11.6. The minimum absolute atomic E-state index is 0.256. The van der Waals surface area contributed by atoms with Gasteiger partial charge in [0.15, 0.2) is 9.84 Å². The molecule has 0 aliphatic rings. The van der Waals surface area contributed by atoms with Crippen molar-refractivity contribution >= 4 is 32.1 Å². The number of fused-ring (bicyclic) bond motifs is 1. The minimum atomic E-state index is -3.24. The third-order valence-electron chi connectivity index (χ3n) is 4.33. The molecule has 3 aromatic heterocycles. The van der Waals surface area contributed by atoms with Crippen molar-refractivity contribution in [2.75, 3.05) is 18.7 Å². The molecule has 31 heavy (non-hydrogen) atoms. The Balaban J connectivity index is 1.65. The average Bonchev–Trinajstić information content (AvgIpc) is 2.77. The molecular formula is C22H17N5O3S. The third kappa shape index (κ3) is 4.76. The van der Waals surface area contributed by atoms with Gasteiger partial charge in [-0.2, -0.15) is 0 Å².